The highest BCUT2D eigenvalue weighted by Crippen LogP contribution is 2.31. The van der Waals surface area contributed by atoms with Crippen LogP contribution in [0.15, 0.2) is 83.4 Å². The summed E-state index contributed by atoms with van der Waals surface area (Å²) in [4.78, 5) is 20.4. The van der Waals surface area contributed by atoms with Crippen molar-refractivity contribution in [3.63, 3.8) is 0 Å². The third kappa shape index (κ3) is 3.68. The van der Waals surface area contributed by atoms with E-state index in [4.69, 9.17) is 5.41 Å². The number of hydrogen-bond acceptors (Lipinski definition) is 5. The molecule has 0 aliphatic heterocycles. The molecule has 2 aromatic heterocycles. The summed E-state index contributed by atoms with van der Waals surface area (Å²) in [6.07, 6.45) is 3.20. The van der Waals surface area contributed by atoms with Crippen LogP contribution in [-0.2, 0) is 0 Å². The molecule has 8 heteroatoms. The predicted molar refractivity (Wildman–Crippen MR) is 117 cm³/mol. The van der Waals surface area contributed by atoms with Crippen molar-refractivity contribution in [3.05, 3.63) is 104 Å². The summed E-state index contributed by atoms with van der Waals surface area (Å²) in [6, 6.07) is 18.0. The maximum atomic E-state index is 11.8. The highest BCUT2D eigenvalue weighted by atomic mass is 32.1. The minimum atomic E-state index is -0.389. The van der Waals surface area contributed by atoms with Crippen LogP contribution in [-0.4, -0.2) is 20.3 Å². The van der Waals surface area contributed by atoms with E-state index in [0.29, 0.717) is 16.1 Å². The number of nitro benzene ring substituents is 1. The lowest BCUT2D eigenvalue weighted by atomic mass is 10.1. The molecule has 0 unspecified atom stereocenters. The van der Waals surface area contributed by atoms with Crippen molar-refractivity contribution >= 4 is 22.9 Å². The van der Waals surface area contributed by atoms with E-state index in [0.717, 1.165) is 16.8 Å². The minimum Gasteiger partial charge on any atom is -0.282 e. The maximum Gasteiger partial charge on any atom is 0.293 e. The third-order valence-electron chi connectivity index (χ3n) is 4.58. The number of thiazole rings is 1. The van der Waals surface area contributed by atoms with E-state index in [-0.39, 0.29) is 16.4 Å². The molecular formula is C22H17N5O2S. The number of aromatic nitrogens is 2. The van der Waals surface area contributed by atoms with E-state index in [1.807, 2.05) is 48.7 Å². The summed E-state index contributed by atoms with van der Waals surface area (Å²) in [7, 11) is 0. The molecule has 0 atom stereocenters. The molecule has 0 amide bonds. The van der Waals surface area contributed by atoms with Crippen LogP contribution in [0.1, 0.15) is 11.1 Å². The highest BCUT2D eigenvalue weighted by molar-refractivity contribution is 7.07. The molecule has 2 aromatic carbocycles. The molecule has 4 aromatic rings. The van der Waals surface area contributed by atoms with Crippen LogP contribution in [0.2, 0.25) is 0 Å². The van der Waals surface area contributed by atoms with Crippen molar-refractivity contribution in [1.29, 1.82) is 5.41 Å². The third-order valence-corrected chi connectivity index (χ3v) is 5.40. The summed E-state index contributed by atoms with van der Waals surface area (Å²) in [5, 5.41) is 22.1. The highest BCUT2D eigenvalue weighted by Gasteiger charge is 2.22. The number of nitro groups is 1. The van der Waals surface area contributed by atoms with E-state index >= 15 is 0 Å². The number of nitrogens with zero attached hydrogens (tertiary/aromatic N) is 4. The second-order valence-corrected chi connectivity index (χ2v) is 7.34. The number of aryl methyl sites for hydroxylation is 1. The van der Waals surface area contributed by atoms with Crippen LogP contribution in [0.4, 0.5) is 5.69 Å². The quantitative estimate of drug-likeness (QED) is 0.225. The zero-order valence-corrected chi connectivity index (χ0v) is 16.8. The fourth-order valence-electron chi connectivity index (χ4n) is 3.17. The lowest BCUT2D eigenvalue weighted by molar-refractivity contribution is -0.384. The Kier molecular flexibility index (Phi) is 5.32. The summed E-state index contributed by atoms with van der Waals surface area (Å²) in [5.41, 5.74) is 3.48. The molecule has 0 fully saturated rings. The number of rotatable bonds is 4. The first-order valence-electron chi connectivity index (χ1n) is 9.10. The van der Waals surface area contributed by atoms with Gasteiger partial charge < -0.3 is 0 Å². The predicted octanol–water partition coefficient (Wildman–Crippen LogP) is 4.74. The average Bonchev–Trinajstić information content (AvgIpc) is 3.17. The molecule has 0 aliphatic rings. The van der Waals surface area contributed by atoms with Gasteiger partial charge in [0.2, 0.25) is 0 Å². The first-order chi connectivity index (χ1) is 14.6. The molecule has 30 heavy (non-hydrogen) atoms. The van der Waals surface area contributed by atoms with Crippen molar-refractivity contribution in [2.75, 3.05) is 0 Å². The average molecular weight is 415 g/mol. The molecule has 4 rings (SSSR count). The molecular weight excluding hydrogens is 398 g/mol. The number of benzene rings is 2. The van der Waals surface area contributed by atoms with Gasteiger partial charge in [0, 0.05) is 29.4 Å². The van der Waals surface area contributed by atoms with Crippen molar-refractivity contribution in [2.45, 2.75) is 6.92 Å². The lowest BCUT2D eigenvalue weighted by Crippen LogP contribution is -2.18. The maximum absolute atomic E-state index is 11.8. The molecule has 148 valence electrons. The Morgan fingerprint density at radius 1 is 1.10 bits per heavy atom. The van der Waals surface area contributed by atoms with Crippen LogP contribution < -0.4 is 4.80 Å². The monoisotopic (exact) mass is 415 g/mol. The van der Waals surface area contributed by atoms with Gasteiger partial charge in [-0.3, -0.25) is 25.1 Å². The number of hydrogen-bond donors (Lipinski definition) is 1. The van der Waals surface area contributed by atoms with Crippen molar-refractivity contribution < 1.29 is 4.92 Å². The van der Waals surface area contributed by atoms with Crippen molar-refractivity contribution in [3.8, 4) is 16.9 Å². The summed E-state index contributed by atoms with van der Waals surface area (Å²) < 4.78 is 1.77. The number of pyridine rings is 1. The molecule has 0 saturated heterocycles. The summed E-state index contributed by atoms with van der Waals surface area (Å²) in [5.74, 6) is 0.0591. The van der Waals surface area contributed by atoms with Gasteiger partial charge in [0.25, 0.3) is 5.69 Å². The molecule has 0 spiro atoms. The van der Waals surface area contributed by atoms with Crippen LogP contribution in [0.3, 0.4) is 0 Å². The van der Waals surface area contributed by atoms with Gasteiger partial charge in [-0.05, 0) is 30.2 Å². The molecule has 0 bridgehead atoms. The van der Waals surface area contributed by atoms with Crippen molar-refractivity contribution in [1.82, 2.24) is 9.55 Å². The summed E-state index contributed by atoms with van der Waals surface area (Å²) in [6.45, 7) is 1.83. The van der Waals surface area contributed by atoms with Crippen LogP contribution in [0.25, 0.3) is 16.9 Å². The van der Waals surface area contributed by atoms with E-state index in [9.17, 15) is 10.1 Å². The number of para-hydroxylation sites is 1. The Balaban J connectivity index is 2.02. The second-order valence-electron chi connectivity index (χ2n) is 6.50. The van der Waals surface area contributed by atoms with Gasteiger partial charge in [0.1, 0.15) is 5.69 Å². The lowest BCUT2D eigenvalue weighted by Gasteiger charge is -2.12. The Morgan fingerprint density at radius 2 is 1.83 bits per heavy atom. The first-order valence-corrected chi connectivity index (χ1v) is 9.98. The van der Waals surface area contributed by atoms with E-state index in [2.05, 4.69) is 9.98 Å². The topological polar surface area (TPSA) is 97.2 Å². The fraction of sp³-hybridized carbons (Fsp3) is 0.0455. The van der Waals surface area contributed by atoms with Crippen LogP contribution in [0.5, 0.6) is 0 Å². The second kappa shape index (κ2) is 8.22. The molecule has 0 radical (unpaired) electrons. The molecule has 2 heterocycles. The molecule has 1 N–H and O–H groups in total. The normalized spacial score (nSPS) is 11.4. The van der Waals surface area contributed by atoms with Gasteiger partial charge in [-0.25, -0.2) is 4.99 Å². The molecule has 7 nitrogen and oxygen atoms in total. The number of nitrogens with one attached hydrogen (secondary N) is 1. The zero-order valence-electron chi connectivity index (χ0n) is 16.0. The van der Waals surface area contributed by atoms with E-state index < -0.39 is 0 Å². The molecule has 0 aliphatic carbocycles. The first kappa shape index (κ1) is 19.4. The van der Waals surface area contributed by atoms with Gasteiger partial charge in [-0.1, -0.05) is 42.5 Å². The molecule has 0 saturated carbocycles. The minimum absolute atomic E-state index is 0.0116. The Labute approximate surface area is 176 Å². The van der Waals surface area contributed by atoms with Crippen LogP contribution in [0, 0.1) is 22.4 Å². The van der Waals surface area contributed by atoms with Crippen molar-refractivity contribution in [2.24, 2.45) is 4.99 Å². The smallest absolute Gasteiger partial charge is 0.282 e. The van der Waals surface area contributed by atoms with E-state index in [1.54, 1.807) is 35.2 Å². The zero-order chi connectivity index (χ0) is 21.1. The van der Waals surface area contributed by atoms with Gasteiger partial charge in [-0.15, -0.1) is 11.3 Å². The SMILES string of the molecule is Cc1cccc([N+](=O)[O-])c1-n1c(-c2ccccc2)csc1=NC(=N)c1ccncc1. The van der Waals surface area contributed by atoms with Crippen LogP contribution >= 0.6 is 11.3 Å². The Bertz CT molecular complexity index is 1290. The Hall–Kier alpha value is -3.91. The standard InChI is InChI=1S/C22H17N5O2S/c1-15-6-5-9-18(27(28)29)20(15)26-19(16-7-3-2-4-8-16)14-30-22(26)25-21(23)17-10-12-24-13-11-17/h2-14,23H,1H3. The fourth-order valence-corrected chi connectivity index (χ4v) is 4.06. The van der Waals surface area contributed by atoms with E-state index in [1.165, 1.54) is 17.4 Å². The van der Waals surface area contributed by atoms with Gasteiger partial charge in [-0.2, -0.15) is 0 Å². The van der Waals surface area contributed by atoms with Gasteiger partial charge >= 0.3 is 0 Å². The Morgan fingerprint density at radius 3 is 2.53 bits per heavy atom. The number of amidine groups is 1. The van der Waals surface area contributed by atoms with Gasteiger partial charge in [0.05, 0.1) is 10.6 Å². The largest absolute Gasteiger partial charge is 0.293 e. The van der Waals surface area contributed by atoms with Gasteiger partial charge in [0.15, 0.2) is 10.6 Å². The summed E-state index contributed by atoms with van der Waals surface area (Å²) >= 11 is 1.34.